The van der Waals surface area contributed by atoms with Crippen LogP contribution >= 0.6 is 11.6 Å². The summed E-state index contributed by atoms with van der Waals surface area (Å²) in [5.41, 5.74) is 1.74. The van der Waals surface area contributed by atoms with Gasteiger partial charge in [-0.05, 0) is 62.4 Å². The van der Waals surface area contributed by atoms with Crippen LogP contribution in [0, 0.1) is 0 Å². The molecule has 1 fully saturated rings. The number of carboxylic acids is 1. The number of amides is 1. The lowest BCUT2D eigenvalue weighted by Gasteiger charge is -2.24. The predicted octanol–water partition coefficient (Wildman–Crippen LogP) is 5.70. The number of alkyl carbamates (subject to hydrolysis) is 1. The topological polar surface area (TPSA) is 75.6 Å². The number of ether oxygens (including phenoxy) is 1. The molecule has 3 rings (SSSR count). The highest BCUT2D eigenvalue weighted by Gasteiger charge is 2.46. The number of carbonyl (C=O) groups is 2. The van der Waals surface area contributed by atoms with Crippen molar-refractivity contribution < 1.29 is 19.4 Å². The van der Waals surface area contributed by atoms with Gasteiger partial charge in [0.1, 0.15) is 5.60 Å². The van der Waals surface area contributed by atoms with Gasteiger partial charge in [-0.3, -0.25) is 0 Å². The molecule has 1 aliphatic rings. The van der Waals surface area contributed by atoms with E-state index in [0.29, 0.717) is 10.6 Å². The number of carbonyl (C=O) groups excluding carboxylic acids is 1. The SMILES string of the molecule is C[C@H](c1ccc(C2(NC(=O)OC(C)(C)C)CC2)cc1Cl)c1ccccc1C(=O)O. The van der Waals surface area contributed by atoms with Crippen molar-refractivity contribution >= 4 is 23.7 Å². The molecule has 0 aliphatic heterocycles. The second-order valence-electron chi connectivity index (χ2n) is 8.56. The Labute approximate surface area is 176 Å². The molecule has 0 aromatic heterocycles. The minimum atomic E-state index is -0.960. The van der Waals surface area contributed by atoms with Crippen molar-refractivity contribution in [2.24, 2.45) is 0 Å². The van der Waals surface area contributed by atoms with Crippen molar-refractivity contribution in [3.05, 3.63) is 69.7 Å². The first-order valence-electron chi connectivity index (χ1n) is 9.66. The largest absolute Gasteiger partial charge is 0.478 e. The number of hydrogen-bond acceptors (Lipinski definition) is 3. The second-order valence-corrected chi connectivity index (χ2v) is 8.97. The average molecular weight is 416 g/mol. The number of aromatic carboxylic acids is 1. The van der Waals surface area contributed by atoms with E-state index in [1.165, 1.54) is 0 Å². The van der Waals surface area contributed by atoms with E-state index in [2.05, 4.69) is 5.32 Å². The molecule has 0 radical (unpaired) electrons. The van der Waals surface area contributed by atoms with E-state index in [-0.39, 0.29) is 11.5 Å². The molecule has 6 heteroatoms. The summed E-state index contributed by atoms with van der Waals surface area (Å²) in [6.07, 6.45) is 1.19. The zero-order valence-corrected chi connectivity index (χ0v) is 17.8. The van der Waals surface area contributed by atoms with Crippen LogP contribution in [0.3, 0.4) is 0 Å². The first-order valence-corrected chi connectivity index (χ1v) is 10.0. The van der Waals surface area contributed by atoms with Crippen LogP contribution in [0.25, 0.3) is 0 Å². The predicted molar refractivity (Wildman–Crippen MR) is 113 cm³/mol. The van der Waals surface area contributed by atoms with Gasteiger partial charge in [-0.1, -0.05) is 48.9 Å². The quantitative estimate of drug-likeness (QED) is 0.656. The third-order valence-corrected chi connectivity index (χ3v) is 5.49. The first kappa shape index (κ1) is 21.2. The Hall–Kier alpha value is -2.53. The van der Waals surface area contributed by atoms with Crippen LogP contribution < -0.4 is 5.32 Å². The van der Waals surface area contributed by atoms with E-state index in [4.69, 9.17) is 16.3 Å². The zero-order chi connectivity index (χ0) is 21.4. The second kappa shape index (κ2) is 7.71. The Morgan fingerprint density at radius 2 is 1.79 bits per heavy atom. The first-order chi connectivity index (χ1) is 13.5. The molecule has 1 amide bonds. The number of nitrogens with one attached hydrogen (secondary N) is 1. The summed E-state index contributed by atoms with van der Waals surface area (Å²) in [5.74, 6) is -1.14. The van der Waals surface area contributed by atoms with Gasteiger partial charge in [0.25, 0.3) is 0 Å². The summed E-state index contributed by atoms with van der Waals surface area (Å²) in [4.78, 5) is 23.8. The van der Waals surface area contributed by atoms with Crippen molar-refractivity contribution in [1.29, 1.82) is 0 Å². The van der Waals surface area contributed by atoms with Crippen LogP contribution in [0.15, 0.2) is 42.5 Å². The van der Waals surface area contributed by atoms with Crippen LogP contribution in [-0.4, -0.2) is 22.8 Å². The smallest absolute Gasteiger partial charge is 0.408 e. The van der Waals surface area contributed by atoms with E-state index in [1.54, 1.807) is 12.1 Å². The monoisotopic (exact) mass is 415 g/mol. The van der Waals surface area contributed by atoms with Crippen LogP contribution in [0.2, 0.25) is 5.02 Å². The molecule has 0 heterocycles. The molecule has 2 N–H and O–H groups in total. The minimum absolute atomic E-state index is 0.183. The van der Waals surface area contributed by atoms with Crippen molar-refractivity contribution in [1.82, 2.24) is 5.32 Å². The fourth-order valence-electron chi connectivity index (χ4n) is 3.52. The van der Waals surface area contributed by atoms with Crippen molar-refractivity contribution in [3.8, 4) is 0 Å². The van der Waals surface area contributed by atoms with Gasteiger partial charge in [0.05, 0.1) is 11.1 Å². The maximum absolute atomic E-state index is 12.2. The molecule has 1 aliphatic carbocycles. The van der Waals surface area contributed by atoms with Crippen LogP contribution in [0.4, 0.5) is 4.79 Å². The molecule has 0 saturated heterocycles. The Morgan fingerprint density at radius 3 is 2.34 bits per heavy atom. The van der Waals surface area contributed by atoms with Gasteiger partial charge in [-0.15, -0.1) is 0 Å². The normalized spacial score (nSPS) is 16.0. The zero-order valence-electron chi connectivity index (χ0n) is 17.1. The Bertz CT molecular complexity index is 944. The molecule has 5 nitrogen and oxygen atoms in total. The lowest BCUT2D eigenvalue weighted by Crippen LogP contribution is -2.39. The lowest BCUT2D eigenvalue weighted by molar-refractivity contribution is 0.0494. The van der Waals surface area contributed by atoms with E-state index in [0.717, 1.165) is 24.0 Å². The number of benzene rings is 2. The third-order valence-electron chi connectivity index (χ3n) is 5.17. The van der Waals surface area contributed by atoms with Gasteiger partial charge >= 0.3 is 12.1 Å². The van der Waals surface area contributed by atoms with E-state index >= 15 is 0 Å². The maximum Gasteiger partial charge on any atom is 0.408 e. The van der Waals surface area contributed by atoms with Gasteiger partial charge < -0.3 is 15.2 Å². The van der Waals surface area contributed by atoms with Gasteiger partial charge in [-0.2, -0.15) is 0 Å². The Balaban J connectivity index is 1.84. The van der Waals surface area contributed by atoms with Gasteiger partial charge in [-0.25, -0.2) is 9.59 Å². The van der Waals surface area contributed by atoms with Gasteiger partial charge in [0, 0.05) is 10.9 Å². The van der Waals surface area contributed by atoms with E-state index in [1.807, 2.05) is 58.0 Å². The summed E-state index contributed by atoms with van der Waals surface area (Å²) in [7, 11) is 0. The molecule has 2 aromatic carbocycles. The van der Waals surface area contributed by atoms with E-state index < -0.39 is 23.2 Å². The lowest BCUT2D eigenvalue weighted by atomic mass is 9.88. The molecule has 1 saturated carbocycles. The fourth-order valence-corrected chi connectivity index (χ4v) is 3.87. The summed E-state index contributed by atoms with van der Waals surface area (Å²) in [5, 5.41) is 13.0. The highest BCUT2D eigenvalue weighted by Crippen LogP contribution is 2.47. The third kappa shape index (κ3) is 4.73. The molecule has 154 valence electrons. The van der Waals surface area contributed by atoms with Crippen LogP contribution in [0.1, 0.15) is 73.5 Å². The van der Waals surface area contributed by atoms with Crippen LogP contribution in [0.5, 0.6) is 0 Å². The Morgan fingerprint density at radius 1 is 1.14 bits per heavy atom. The molecule has 0 spiro atoms. The summed E-state index contributed by atoms with van der Waals surface area (Å²) in [6, 6.07) is 12.7. The maximum atomic E-state index is 12.2. The number of halogens is 1. The van der Waals surface area contributed by atoms with Gasteiger partial charge in [0.15, 0.2) is 0 Å². The Kier molecular flexibility index (Phi) is 5.63. The molecule has 0 bridgehead atoms. The van der Waals surface area contributed by atoms with Gasteiger partial charge in [0.2, 0.25) is 0 Å². The summed E-state index contributed by atoms with van der Waals surface area (Å²) >= 11 is 6.59. The highest BCUT2D eigenvalue weighted by molar-refractivity contribution is 6.31. The summed E-state index contributed by atoms with van der Waals surface area (Å²) in [6.45, 7) is 7.42. The number of rotatable bonds is 5. The molecular weight excluding hydrogens is 390 g/mol. The van der Waals surface area contributed by atoms with Crippen molar-refractivity contribution in [2.75, 3.05) is 0 Å². The molecular formula is C23H26ClNO4. The molecule has 1 atom stereocenters. The van der Waals surface area contributed by atoms with Crippen molar-refractivity contribution in [2.45, 2.75) is 57.6 Å². The average Bonchev–Trinajstić information content (AvgIpc) is 3.40. The fraction of sp³-hybridized carbons (Fsp3) is 0.391. The van der Waals surface area contributed by atoms with E-state index in [9.17, 15) is 14.7 Å². The van der Waals surface area contributed by atoms with Crippen molar-refractivity contribution in [3.63, 3.8) is 0 Å². The minimum Gasteiger partial charge on any atom is -0.478 e. The summed E-state index contributed by atoms with van der Waals surface area (Å²) < 4.78 is 5.38. The van der Waals surface area contributed by atoms with Crippen LogP contribution in [-0.2, 0) is 10.3 Å². The molecule has 29 heavy (non-hydrogen) atoms. The molecule has 2 aromatic rings. The number of hydrogen-bond donors (Lipinski definition) is 2. The molecule has 0 unspecified atom stereocenters. The standard InChI is InChI=1S/C23H26ClNO4/c1-14(16-7-5-6-8-18(16)20(26)27)17-10-9-15(13-19(17)24)23(11-12-23)25-21(28)29-22(2,3)4/h5-10,13-14H,11-12H2,1-4H3,(H,25,28)(H,26,27)/t14-/m0/s1. The highest BCUT2D eigenvalue weighted by atomic mass is 35.5. The number of carboxylic acid groups (broad SMARTS) is 1.